The second-order valence-electron chi connectivity index (χ2n) is 3.64. The van der Waals surface area contributed by atoms with Crippen LogP contribution >= 0.6 is 11.6 Å². The van der Waals surface area contributed by atoms with Crippen LogP contribution in [0.3, 0.4) is 0 Å². The third kappa shape index (κ3) is 3.18. The SMILES string of the molecule is O=[N+]([O-])c1ccc(NCc2ccc(Cl)cc2)cn1. The highest BCUT2D eigenvalue weighted by Gasteiger charge is 2.05. The Morgan fingerprint density at radius 2 is 1.94 bits per heavy atom. The van der Waals surface area contributed by atoms with Gasteiger partial charge in [-0.25, -0.2) is 0 Å². The fraction of sp³-hybridized carbons (Fsp3) is 0.0833. The van der Waals surface area contributed by atoms with E-state index in [4.69, 9.17) is 11.6 Å². The molecule has 0 aliphatic heterocycles. The molecular weight excluding hydrogens is 254 g/mol. The van der Waals surface area contributed by atoms with Crippen molar-refractivity contribution in [3.63, 3.8) is 0 Å². The number of hydrogen-bond acceptors (Lipinski definition) is 4. The Morgan fingerprint density at radius 1 is 1.22 bits per heavy atom. The molecule has 2 aromatic rings. The van der Waals surface area contributed by atoms with Crippen LogP contribution in [0.2, 0.25) is 5.02 Å². The van der Waals surface area contributed by atoms with Crippen molar-refractivity contribution in [3.05, 3.63) is 63.3 Å². The first kappa shape index (κ1) is 12.3. The number of benzene rings is 1. The molecule has 5 nitrogen and oxygen atoms in total. The Kier molecular flexibility index (Phi) is 3.74. The molecule has 1 aromatic carbocycles. The molecule has 1 aromatic heterocycles. The number of anilines is 1. The van der Waals surface area contributed by atoms with Gasteiger partial charge in [0.2, 0.25) is 0 Å². The normalized spacial score (nSPS) is 10.1. The minimum Gasteiger partial charge on any atom is -0.378 e. The summed E-state index contributed by atoms with van der Waals surface area (Å²) in [5.74, 6) is -0.160. The standard InChI is InChI=1S/C12H10ClN3O2/c13-10-3-1-9(2-4-10)7-14-11-5-6-12(15-8-11)16(17)18/h1-6,8,14H,7H2. The third-order valence-electron chi connectivity index (χ3n) is 2.34. The van der Waals surface area contributed by atoms with E-state index in [1.165, 1.54) is 12.3 Å². The Bertz CT molecular complexity index is 540. The summed E-state index contributed by atoms with van der Waals surface area (Å²) in [6, 6.07) is 10.4. The van der Waals surface area contributed by atoms with Gasteiger partial charge < -0.3 is 15.4 Å². The lowest BCUT2D eigenvalue weighted by molar-refractivity contribution is -0.389. The van der Waals surface area contributed by atoms with Crippen LogP contribution in [0, 0.1) is 10.1 Å². The lowest BCUT2D eigenvalue weighted by Crippen LogP contribution is -2.00. The zero-order chi connectivity index (χ0) is 13.0. The molecule has 0 saturated carbocycles. The van der Waals surface area contributed by atoms with Crippen LogP contribution in [0.4, 0.5) is 11.5 Å². The van der Waals surface area contributed by atoms with Gasteiger partial charge >= 0.3 is 5.82 Å². The average Bonchev–Trinajstić information content (AvgIpc) is 2.38. The lowest BCUT2D eigenvalue weighted by atomic mass is 10.2. The minimum atomic E-state index is -0.525. The maximum atomic E-state index is 10.4. The van der Waals surface area contributed by atoms with E-state index < -0.39 is 4.92 Å². The zero-order valence-corrected chi connectivity index (χ0v) is 10.1. The zero-order valence-electron chi connectivity index (χ0n) is 9.34. The van der Waals surface area contributed by atoms with Crippen LogP contribution in [0.5, 0.6) is 0 Å². The van der Waals surface area contributed by atoms with Crippen molar-refractivity contribution < 1.29 is 4.92 Å². The summed E-state index contributed by atoms with van der Waals surface area (Å²) in [4.78, 5) is 13.6. The quantitative estimate of drug-likeness (QED) is 0.679. The first-order chi connectivity index (χ1) is 8.65. The van der Waals surface area contributed by atoms with Crippen molar-refractivity contribution in [3.8, 4) is 0 Å². The van der Waals surface area contributed by atoms with E-state index in [9.17, 15) is 10.1 Å². The van der Waals surface area contributed by atoms with Crippen LogP contribution in [0.1, 0.15) is 5.56 Å². The van der Waals surface area contributed by atoms with E-state index in [-0.39, 0.29) is 5.82 Å². The average molecular weight is 264 g/mol. The minimum absolute atomic E-state index is 0.160. The molecule has 0 spiro atoms. The summed E-state index contributed by atoms with van der Waals surface area (Å²) in [6.45, 7) is 0.608. The molecule has 6 heteroatoms. The van der Waals surface area contributed by atoms with Crippen molar-refractivity contribution in [1.82, 2.24) is 4.98 Å². The van der Waals surface area contributed by atoms with E-state index in [1.54, 1.807) is 6.07 Å². The lowest BCUT2D eigenvalue weighted by Gasteiger charge is -2.04. The van der Waals surface area contributed by atoms with Gasteiger partial charge in [-0.2, -0.15) is 0 Å². The fourth-order valence-corrected chi connectivity index (χ4v) is 1.53. The largest absolute Gasteiger partial charge is 0.378 e. The van der Waals surface area contributed by atoms with Crippen LogP contribution in [-0.2, 0) is 6.54 Å². The molecule has 0 bridgehead atoms. The molecule has 0 atom stereocenters. The Labute approximate surface area is 109 Å². The molecule has 0 fully saturated rings. The predicted molar refractivity (Wildman–Crippen MR) is 69.7 cm³/mol. The summed E-state index contributed by atoms with van der Waals surface area (Å²) >= 11 is 5.78. The Hall–Kier alpha value is -2.14. The molecule has 0 unspecified atom stereocenters. The van der Waals surface area contributed by atoms with Gasteiger partial charge in [0.25, 0.3) is 0 Å². The number of nitrogens with one attached hydrogen (secondary N) is 1. The molecule has 92 valence electrons. The number of hydrogen-bond donors (Lipinski definition) is 1. The monoisotopic (exact) mass is 263 g/mol. The number of pyridine rings is 1. The predicted octanol–water partition coefficient (Wildman–Crippen LogP) is 3.26. The van der Waals surface area contributed by atoms with Gasteiger partial charge in [-0.15, -0.1) is 0 Å². The van der Waals surface area contributed by atoms with Crippen LogP contribution in [0.15, 0.2) is 42.6 Å². The van der Waals surface area contributed by atoms with Crippen molar-refractivity contribution in [2.24, 2.45) is 0 Å². The number of halogens is 1. The molecule has 0 amide bonds. The molecule has 18 heavy (non-hydrogen) atoms. The highest BCUT2D eigenvalue weighted by Crippen LogP contribution is 2.14. The number of aromatic nitrogens is 1. The van der Waals surface area contributed by atoms with Gasteiger partial charge in [0.15, 0.2) is 6.20 Å². The molecule has 0 aliphatic rings. The van der Waals surface area contributed by atoms with Gasteiger partial charge in [-0.1, -0.05) is 23.7 Å². The molecule has 0 radical (unpaired) electrons. The highest BCUT2D eigenvalue weighted by atomic mass is 35.5. The number of nitro groups is 1. The van der Waals surface area contributed by atoms with Gasteiger partial charge in [0, 0.05) is 17.6 Å². The van der Waals surface area contributed by atoms with Gasteiger partial charge in [0.05, 0.1) is 5.69 Å². The van der Waals surface area contributed by atoms with Crippen molar-refractivity contribution >= 4 is 23.1 Å². The van der Waals surface area contributed by atoms with Crippen molar-refractivity contribution in [2.45, 2.75) is 6.54 Å². The molecule has 1 N–H and O–H groups in total. The van der Waals surface area contributed by atoms with Crippen LogP contribution in [0.25, 0.3) is 0 Å². The summed E-state index contributed by atoms with van der Waals surface area (Å²) < 4.78 is 0. The van der Waals surface area contributed by atoms with E-state index in [2.05, 4.69) is 10.3 Å². The summed E-state index contributed by atoms with van der Waals surface area (Å²) in [7, 11) is 0. The summed E-state index contributed by atoms with van der Waals surface area (Å²) in [6.07, 6.45) is 1.44. The van der Waals surface area contributed by atoms with Crippen molar-refractivity contribution in [2.75, 3.05) is 5.32 Å². The van der Waals surface area contributed by atoms with E-state index >= 15 is 0 Å². The fourth-order valence-electron chi connectivity index (χ4n) is 1.41. The maximum absolute atomic E-state index is 10.4. The molecule has 0 aliphatic carbocycles. The smallest absolute Gasteiger partial charge is 0.363 e. The second-order valence-corrected chi connectivity index (χ2v) is 4.08. The second kappa shape index (κ2) is 5.46. The first-order valence-electron chi connectivity index (χ1n) is 5.24. The number of rotatable bonds is 4. The topological polar surface area (TPSA) is 68.1 Å². The maximum Gasteiger partial charge on any atom is 0.363 e. The van der Waals surface area contributed by atoms with E-state index in [0.717, 1.165) is 11.3 Å². The number of nitrogens with zero attached hydrogens (tertiary/aromatic N) is 2. The molecule has 0 saturated heterocycles. The van der Waals surface area contributed by atoms with Crippen molar-refractivity contribution in [1.29, 1.82) is 0 Å². The van der Waals surface area contributed by atoms with E-state index in [1.807, 2.05) is 24.3 Å². The highest BCUT2D eigenvalue weighted by molar-refractivity contribution is 6.30. The Morgan fingerprint density at radius 3 is 2.50 bits per heavy atom. The van der Waals surface area contributed by atoms with Crippen LogP contribution < -0.4 is 5.32 Å². The van der Waals surface area contributed by atoms with E-state index in [0.29, 0.717) is 11.6 Å². The first-order valence-corrected chi connectivity index (χ1v) is 5.62. The summed E-state index contributed by atoms with van der Waals surface area (Å²) in [5.41, 5.74) is 1.80. The van der Waals surface area contributed by atoms with Gasteiger partial charge in [-0.3, -0.25) is 0 Å². The van der Waals surface area contributed by atoms with Gasteiger partial charge in [-0.05, 0) is 33.7 Å². The summed E-state index contributed by atoms with van der Waals surface area (Å²) in [5, 5.41) is 14.2. The molecule has 1 heterocycles. The molecular formula is C12H10ClN3O2. The van der Waals surface area contributed by atoms with Gasteiger partial charge in [0.1, 0.15) is 0 Å². The third-order valence-corrected chi connectivity index (χ3v) is 2.60. The molecule has 2 rings (SSSR count). The van der Waals surface area contributed by atoms with Crippen LogP contribution in [-0.4, -0.2) is 9.91 Å². The Balaban J connectivity index is 1.97.